The molecule has 0 radical (unpaired) electrons. The molecule has 0 unspecified atom stereocenters. The zero-order valence-electron chi connectivity index (χ0n) is 11.9. The summed E-state index contributed by atoms with van der Waals surface area (Å²) in [7, 11) is 3.38. The van der Waals surface area contributed by atoms with E-state index in [1.807, 2.05) is 29.8 Å². The Kier molecular flexibility index (Phi) is 3.35. The highest BCUT2D eigenvalue weighted by Crippen LogP contribution is 2.29. The van der Waals surface area contributed by atoms with Crippen molar-refractivity contribution in [1.82, 2.24) is 9.55 Å². The number of methoxy groups -OCH3 is 1. The van der Waals surface area contributed by atoms with E-state index in [4.69, 9.17) is 10.5 Å². The van der Waals surface area contributed by atoms with Crippen LogP contribution in [0.3, 0.4) is 0 Å². The number of rotatable bonds is 3. The number of hydrogen-bond acceptors (Lipinski definition) is 3. The maximum atomic E-state index is 14.3. The first kappa shape index (κ1) is 13.6. The number of para-hydroxylation sites is 1. The number of imidazole rings is 1. The Balaban J connectivity index is 2.23. The highest BCUT2D eigenvalue weighted by molar-refractivity contribution is 5.83. The molecule has 3 aromatic rings. The molecule has 0 aliphatic carbocycles. The minimum Gasteiger partial charge on any atom is -0.497 e. The lowest BCUT2D eigenvalue weighted by molar-refractivity contribution is 0.411. The van der Waals surface area contributed by atoms with Crippen LogP contribution in [0.25, 0.3) is 22.4 Å². The van der Waals surface area contributed by atoms with Gasteiger partial charge < -0.3 is 15.0 Å². The molecule has 2 N–H and O–H groups in total. The van der Waals surface area contributed by atoms with E-state index in [2.05, 4.69) is 4.98 Å². The van der Waals surface area contributed by atoms with Crippen molar-refractivity contribution in [3.05, 3.63) is 47.8 Å². The van der Waals surface area contributed by atoms with Crippen molar-refractivity contribution in [2.24, 2.45) is 12.8 Å². The number of halogens is 1. The van der Waals surface area contributed by atoms with Crippen LogP contribution in [0.2, 0.25) is 0 Å². The van der Waals surface area contributed by atoms with Crippen molar-refractivity contribution in [2.75, 3.05) is 7.11 Å². The quantitative estimate of drug-likeness (QED) is 0.805. The average molecular weight is 285 g/mol. The average Bonchev–Trinajstić information content (AvgIpc) is 2.84. The molecule has 0 saturated heterocycles. The number of hydrogen-bond donors (Lipinski definition) is 1. The third kappa shape index (κ3) is 2.15. The van der Waals surface area contributed by atoms with Crippen LogP contribution in [0.15, 0.2) is 36.4 Å². The Morgan fingerprint density at radius 2 is 2.10 bits per heavy atom. The predicted octanol–water partition coefficient (Wildman–Crippen LogP) is 2.85. The van der Waals surface area contributed by atoms with Crippen LogP contribution in [0.4, 0.5) is 4.39 Å². The normalized spacial score (nSPS) is 11.0. The van der Waals surface area contributed by atoms with Crippen LogP contribution < -0.4 is 10.5 Å². The summed E-state index contributed by atoms with van der Waals surface area (Å²) < 4.78 is 21.2. The molecule has 0 aliphatic heterocycles. The summed E-state index contributed by atoms with van der Waals surface area (Å²) >= 11 is 0. The largest absolute Gasteiger partial charge is 0.497 e. The van der Waals surface area contributed by atoms with E-state index >= 15 is 0 Å². The Labute approximate surface area is 122 Å². The van der Waals surface area contributed by atoms with Crippen LogP contribution in [0, 0.1) is 5.82 Å². The van der Waals surface area contributed by atoms with Crippen LogP contribution in [0.5, 0.6) is 5.75 Å². The molecule has 1 aromatic heterocycles. The fraction of sp³-hybridized carbons (Fsp3) is 0.188. The number of ether oxygens (including phenoxy) is 1. The molecule has 1 heterocycles. The van der Waals surface area contributed by atoms with Crippen molar-refractivity contribution in [1.29, 1.82) is 0 Å². The van der Waals surface area contributed by atoms with Crippen LogP contribution >= 0.6 is 0 Å². The van der Waals surface area contributed by atoms with E-state index in [-0.39, 0.29) is 5.82 Å². The molecule has 0 fully saturated rings. The molecular weight excluding hydrogens is 269 g/mol. The minimum absolute atomic E-state index is 0.359. The first-order valence-electron chi connectivity index (χ1n) is 6.64. The van der Waals surface area contributed by atoms with Crippen LogP contribution in [0.1, 0.15) is 5.56 Å². The third-order valence-electron chi connectivity index (χ3n) is 3.63. The Morgan fingerprint density at radius 3 is 2.76 bits per heavy atom. The van der Waals surface area contributed by atoms with Gasteiger partial charge in [0.25, 0.3) is 0 Å². The van der Waals surface area contributed by atoms with Crippen LogP contribution in [-0.4, -0.2) is 16.7 Å². The summed E-state index contributed by atoms with van der Waals surface area (Å²) in [4.78, 5) is 4.57. The van der Waals surface area contributed by atoms with E-state index < -0.39 is 0 Å². The Morgan fingerprint density at radius 1 is 1.29 bits per heavy atom. The Hall–Kier alpha value is -2.40. The topological polar surface area (TPSA) is 53.1 Å². The highest BCUT2D eigenvalue weighted by atomic mass is 19.1. The van der Waals surface area contributed by atoms with Gasteiger partial charge in [-0.15, -0.1) is 0 Å². The van der Waals surface area contributed by atoms with E-state index in [9.17, 15) is 4.39 Å². The second kappa shape index (κ2) is 5.18. The number of benzene rings is 2. The second-order valence-corrected chi connectivity index (χ2v) is 4.83. The number of aromatic nitrogens is 2. The maximum absolute atomic E-state index is 14.3. The van der Waals surface area contributed by atoms with Gasteiger partial charge in [-0.1, -0.05) is 12.1 Å². The lowest BCUT2D eigenvalue weighted by Gasteiger charge is -2.06. The molecule has 0 saturated carbocycles. The predicted molar refractivity (Wildman–Crippen MR) is 80.6 cm³/mol. The molecule has 0 amide bonds. The molecular formula is C16H16FN3O. The molecule has 4 nitrogen and oxygen atoms in total. The van der Waals surface area contributed by atoms with Crippen molar-refractivity contribution in [3.63, 3.8) is 0 Å². The van der Waals surface area contributed by atoms with Gasteiger partial charge >= 0.3 is 0 Å². The highest BCUT2D eigenvalue weighted by Gasteiger charge is 2.15. The van der Waals surface area contributed by atoms with Gasteiger partial charge in [0.1, 0.15) is 17.4 Å². The zero-order valence-corrected chi connectivity index (χ0v) is 11.9. The fourth-order valence-corrected chi connectivity index (χ4v) is 2.48. The van der Waals surface area contributed by atoms with E-state index in [1.165, 1.54) is 13.2 Å². The van der Waals surface area contributed by atoms with Gasteiger partial charge in [-0.3, -0.25) is 0 Å². The van der Waals surface area contributed by atoms with Gasteiger partial charge in [0.15, 0.2) is 0 Å². The summed E-state index contributed by atoms with van der Waals surface area (Å²) in [5.74, 6) is 0.700. The maximum Gasteiger partial charge on any atom is 0.143 e. The van der Waals surface area contributed by atoms with Gasteiger partial charge in [0.2, 0.25) is 0 Å². The molecule has 0 aliphatic rings. The summed E-state index contributed by atoms with van der Waals surface area (Å²) in [6.45, 7) is 0.402. The van der Waals surface area contributed by atoms with Gasteiger partial charge in [0.05, 0.1) is 23.7 Å². The molecule has 0 bridgehead atoms. The monoisotopic (exact) mass is 285 g/mol. The van der Waals surface area contributed by atoms with Crippen molar-refractivity contribution >= 4 is 11.0 Å². The first-order valence-corrected chi connectivity index (χ1v) is 6.64. The molecule has 5 heteroatoms. The van der Waals surface area contributed by atoms with E-state index in [1.54, 1.807) is 12.1 Å². The smallest absolute Gasteiger partial charge is 0.143 e. The zero-order chi connectivity index (χ0) is 15.0. The first-order chi connectivity index (χ1) is 10.2. The van der Waals surface area contributed by atoms with E-state index in [0.29, 0.717) is 23.7 Å². The van der Waals surface area contributed by atoms with Crippen LogP contribution in [-0.2, 0) is 13.6 Å². The van der Waals surface area contributed by atoms with Gasteiger partial charge in [-0.2, -0.15) is 0 Å². The van der Waals surface area contributed by atoms with Gasteiger partial charge in [-0.05, 0) is 23.8 Å². The lowest BCUT2D eigenvalue weighted by Crippen LogP contribution is -1.97. The van der Waals surface area contributed by atoms with Crippen molar-refractivity contribution in [2.45, 2.75) is 6.54 Å². The summed E-state index contributed by atoms with van der Waals surface area (Å²) in [6.07, 6.45) is 0. The minimum atomic E-state index is -0.359. The summed E-state index contributed by atoms with van der Waals surface area (Å²) in [5.41, 5.74) is 8.88. The van der Waals surface area contributed by atoms with Crippen molar-refractivity contribution < 1.29 is 9.13 Å². The lowest BCUT2D eigenvalue weighted by atomic mass is 10.2. The molecule has 0 spiro atoms. The number of nitrogens with two attached hydrogens (primary N) is 1. The second-order valence-electron chi connectivity index (χ2n) is 4.83. The standard InChI is InChI=1S/C16H16FN3O/c1-20-14-5-3-4-10(9-18)15(14)19-16(20)12-7-6-11(21-2)8-13(12)17/h3-8H,9,18H2,1-2H3. The number of aryl methyl sites for hydroxylation is 1. The fourth-order valence-electron chi connectivity index (χ4n) is 2.48. The summed E-state index contributed by atoms with van der Waals surface area (Å²) in [5, 5.41) is 0. The number of fused-ring (bicyclic) bond motifs is 1. The Bertz CT molecular complexity index is 811. The van der Waals surface area contributed by atoms with E-state index in [0.717, 1.165) is 16.6 Å². The molecule has 2 aromatic carbocycles. The number of nitrogens with zero attached hydrogens (tertiary/aromatic N) is 2. The van der Waals surface area contributed by atoms with Gasteiger partial charge in [-0.25, -0.2) is 9.37 Å². The molecule has 21 heavy (non-hydrogen) atoms. The van der Waals surface area contributed by atoms with Gasteiger partial charge in [0, 0.05) is 19.7 Å². The summed E-state index contributed by atoms with van der Waals surface area (Å²) in [6, 6.07) is 10.6. The molecule has 0 atom stereocenters. The molecule has 3 rings (SSSR count). The SMILES string of the molecule is COc1ccc(-c2nc3c(CN)cccc3n2C)c(F)c1. The third-order valence-corrected chi connectivity index (χ3v) is 3.63. The van der Waals surface area contributed by atoms with Crippen molar-refractivity contribution in [3.8, 4) is 17.1 Å². The molecule has 108 valence electrons.